The standard InChI is InChI=1S/C24H20ClN5O4/c25-17-4-7-20(19(10-17)24(33)30-18-5-2-15(3-6-18)23(27)28)29-12-16-9-14(11-26)1-8-21(16)34-13-22(31)32/h1-10,29H,12-13H2,(H3,27,28)(H,30,33)(H,31,32). The van der Waals surface area contributed by atoms with Crippen LogP contribution >= 0.6 is 11.6 Å². The Morgan fingerprint density at radius 2 is 1.85 bits per heavy atom. The molecule has 0 fully saturated rings. The molecule has 3 rings (SSSR count). The summed E-state index contributed by atoms with van der Waals surface area (Å²) >= 11 is 6.12. The maximum Gasteiger partial charge on any atom is 0.341 e. The summed E-state index contributed by atoms with van der Waals surface area (Å²) in [7, 11) is 0. The quantitative estimate of drug-likeness (QED) is 0.231. The highest BCUT2D eigenvalue weighted by Crippen LogP contribution is 2.26. The van der Waals surface area contributed by atoms with Crippen LogP contribution in [0.1, 0.15) is 27.0 Å². The third-order valence-electron chi connectivity index (χ3n) is 4.69. The van der Waals surface area contributed by atoms with Gasteiger partial charge in [0.2, 0.25) is 0 Å². The maximum atomic E-state index is 13.0. The zero-order valence-corrected chi connectivity index (χ0v) is 18.5. The van der Waals surface area contributed by atoms with Crippen molar-refractivity contribution in [2.24, 2.45) is 5.73 Å². The molecule has 0 bridgehead atoms. The van der Waals surface area contributed by atoms with E-state index in [-0.39, 0.29) is 17.9 Å². The van der Waals surface area contributed by atoms with Crippen LogP contribution in [-0.2, 0) is 11.3 Å². The number of hydrogen-bond acceptors (Lipinski definition) is 6. The number of nitrogens with one attached hydrogen (secondary N) is 3. The number of carboxylic acids is 1. The number of hydrogen-bond donors (Lipinski definition) is 5. The van der Waals surface area contributed by atoms with E-state index in [0.29, 0.717) is 38.8 Å². The molecule has 0 saturated heterocycles. The summed E-state index contributed by atoms with van der Waals surface area (Å²) < 4.78 is 5.32. The Hall–Kier alpha value is -4.55. The van der Waals surface area contributed by atoms with Gasteiger partial charge in [-0.05, 0) is 60.7 Å². The van der Waals surface area contributed by atoms with E-state index in [1.807, 2.05) is 6.07 Å². The zero-order valence-electron chi connectivity index (χ0n) is 17.8. The highest BCUT2D eigenvalue weighted by Gasteiger charge is 2.14. The summed E-state index contributed by atoms with van der Waals surface area (Å²) in [4.78, 5) is 23.8. The van der Waals surface area contributed by atoms with E-state index < -0.39 is 18.5 Å². The SMILES string of the molecule is N#Cc1ccc(OCC(=O)O)c(CNc2ccc(Cl)cc2C(=O)Nc2ccc(C(=N)N)cc2)c1. The molecule has 0 radical (unpaired) electrons. The molecule has 6 N–H and O–H groups in total. The minimum atomic E-state index is -1.13. The zero-order chi connectivity index (χ0) is 24.7. The van der Waals surface area contributed by atoms with Crippen LogP contribution in [0, 0.1) is 16.7 Å². The molecule has 0 aliphatic rings. The molecular formula is C24H20ClN5O4. The topological polar surface area (TPSA) is 161 Å². The van der Waals surface area contributed by atoms with Gasteiger partial charge in [-0.3, -0.25) is 10.2 Å². The van der Waals surface area contributed by atoms with Gasteiger partial charge < -0.3 is 26.2 Å². The molecule has 0 aromatic heterocycles. The van der Waals surface area contributed by atoms with Crippen molar-refractivity contribution in [1.82, 2.24) is 0 Å². The van der Waals surface area contributed by atoms with Crippen molar-refractivity contribution in [2.75, 3.05) is 17.2 Å². The predicted molar refractivity (Wildman–Crippen MR) is 128 cm³/mol. The Morgan fingerprint density at radius 1 is 1.12 bits per heavy atom. The highest BCUT2D eigenvalue weighted by atomic mass is 35.5. The number of nitrogens with zero attached hydrogens (tertiary/aromatic N) is 1. The number of nitriles is 1. The monoisotopic (exact) mass is 477 g/mol. The van der Waals surface area contributed by atoms with Gasteiger partial charge in [-0.25, -0.2) is 4.79 Å². The third-order valence-corrected chi connectivity index (χ3v) is 4.93. The second kappa shape index (κ2) is 10.8. The minimum Gasteiger partial charge on any atom is -0.482 e. The lowest BCUT2D eigenvalue weighted by atomic mass is 10.1. The largest absolute Gasteiger partial charge is 0.482 e. The van der Waals surface area contributed by atoms with Crippen molar-refractivity contribution < 1.29 is 19.4 Å². The fourth-order valence-electron chi connectivity index (χ4n) is 3.05. The Balaban J connectivity index is 1.81. The molecule has 0 unspecified atom stereocenters. The summed E-state index contributed by atoms with van der Waals surface area (Å²) in [6.07, 6.45) is 0. The van der Waals surface area contributed by atoms with Gasteiger partial charge in [-0.2, -0.15) is 5.26 Å². The van der Waals surface area contributed by atoms with Crippen molar-refractivity contribution in [3.63, 3.8) is 0 Å². The third kappa shape index (κ3) is 6.25. The van der Waals surface area contributed by atoms with Gasteiger partial charge in [0.25, 0.3) is 5.91 Å². The van der Waals surface area contributed by atoms with E-state index >= 15 is 0 Å². The van der Waals surface area contributed by atoms with Crippen molar-refractivity contribution in [1.29, 1.82) is 10.7 Å². The molecule has 3 aromatic carbocycles. The van der Waals surface area contributed by atoms with Gasteiger partial charge in [-0.1, -0.05) is 11.6 Å². The molecule has 0 spiro atoms. The molecule has 3 aromatic rings. The van der Waals surface area contributed by atoms with Crippen LogP contribution in [0.25, 0.3) is 0 Å². The first-order chi connectivity index (χ1) is 16.3. The number of benzene rings is 3. The van der Waals surface area contributed by atoms with E-state index in [1.165, 1.54) is 18.2 Å². The number of ether oxygens (including phenoxy) is 1. The second-order valence-corrected chi connectivity index (χ2v) is 7.54. The first kappa shape index (κ1) is 24.1. The first-order valence-corrected chi connectivity index (χ1v) is 10.3. The summed E-state index contributed by atoms with van der Waals surface area (Å²) in [5.74, 6) is -1.32. The molecule has 0 aliphatic carbocycles. The number of nitrogens with two attached hydrogens (primary N) is 1. The molecule has 0 heterocycles. The van der Waals surface area contributed by atoms with E-state index in [4.69, 9.17) is 32.6 Å². The second-order valence-electron chi connectivity index (χ2n) is 7.11. The fourth-order valence-corrected chi connectivity index (χ4v) is 3.22. The van der Waals surface area contributed by atoms with Crippen molar-refractivity contribution in [3.8, 4) is 11.8 Å². The van der Waals surface area contributed by atoms with Gasteiger partial charge in [0.05, 0.1) is 17.2 Å². The lowest BCUT2D eigenvalue weighted by molar-refractivity contribution is -0.139. The Morgan fingerprint density at radius 3 is 2.50 bits per heavy atom. The summed E-state index contributed by atoms with van der Waals surface area (Å²) in [6, 6.07) is 17.9. The molecule has 10 heteroatoms. The molecule has 0 atom stereocenters. The van der Waals surface area contributed by atoms with E-state index in [1.54, 1.807) is 42.5 Å². The molecule has 172 valence electrons. The molecular weight excluding hydrogens is 458 g/mol. The summed E-state index contributed by atoms with van der Waals surface area (Å²) in [5, 5.41) is 31.8. The number of carboxylic acid groups (broad SMARTS) is 1. The molecule has 0 aliphatic heterocycles. The van der Waals surface area contributed by atoms with Crippen molar-refractivity contribution in [3.05, 3.63) is 87.9 Å². The lowest BCUT2D eigenvalue weighted by Crippen LogP contribution is -2.16. The van der Waals surface area contributed by atoms with Gasteiger partial charge >= 0.3 is 5.97 Å². The number of carbonyl (C=O) groups is 2. The van der Waals surface area contributed by atoms with Gasteiger partial charge in [0.1, 0.15) is 11.6 Å². The number of anilines is 2. The number of nitrogen functional groups attached to an aromatic ring is 1. The van der Waals surface area contributed by atoms with Crippen LogP contribution in [0.4, 0.5) is 11.4 Å². The molecule has 0 saturated carbocycles. The van der Waals surface area contributed by atoms with Crippen LogP contribution < -0.4 is 21.1 Å². The smallest absolute Gasteiger partial charge is 0.341 e. The molecule has 1 amide bonds. The van der Waals surface area contributed by atoms with Crippen LogP contribution in [0.15, 0.2) is 60.7 Å². The van der Waals surface area contributed by atoms with Crippen LogP contribution in [-0.4, -0.2) is 29.4 Å². The predicted octanol–water partition coefficient (Wildman–Crippen LogP) is 3.82. The number of carbonyl (C=O) groups excluding carboxylic acids is 1. The first-order valence-electron chi connectivity index (χ1n) is 9.93. The highest BCUT2D eigenvalue weighted by molar-refractivity contribution is 6.31. The van der Waals surface area contributed by atoms with Crippen LogP contribution in [0.2, 0.25) is 5.02 Å². The van der Waals surface area contributed by atoms with E-state index in [2.05, 4.69) is 10.6 Å². The lowest BCUT2D eigenvalue weighted by Gasteiger charge is -2.15. The van der Waals surface area contributed by atoms with Crippen LogP contribution in [0.3, 0.4) is 0 Å². The maximum absolute atomic E-state index is 13.0. The Bertz CT molecular complexity index is 1290. The number of amides is 1. The van der Waals surface area contributed by atoms with Crippen molar-refractivity contribution >= 4 is 40.7 Å². The van der Waals surface area contributed by atoms with E-state index in [9.17, 15) is 14.9 Å². The molecule has 34 heavy (non-hydrogen) atoms. The van der Waals surface area contributed by atoms with Gasteiger partial charge in [0.15, 0.2) is 6.61 Å². The number of halogens is 1. The number of rotatable bonds is 9. The fraction of sp³-hybridized carbons (Fsp3) is 0.0833. The minimum absolute atomic E-state index is 0.0774. The average molecular weight is 478 g/mol. The average Bonchev–Trinajstić information content (AvgIpc) is 2.82. The number of aliphatic carboxylic acids is 1. The Labute approximate surface area is 200 Å². The molecule has 9 nitrogen and oxygen atoms in total. The normalized spacial score (nSPS) is 10.1. The van der Waals surface area contributed by atoms with Crippen molar-refractivity contribution in [2.45, 2.75) is 6.54 Å². The number of amidine groups is 1. The van der Waals surface area contributed by atoms with Gasteiger partial charge in [0, 0.05) is 34.1 Å². The van der Waals surface area contributed by atoms with E-state index in [0.717, 1.165) is 0 Å². The summed E-state index contributed by atoms with van der Waals surface area (Å²) in [6.45, 7) is -0.379. The van der Waals surface area contributed by atoms with Crippen LogP contribution in [0.5, 0.6) is 5.75 Å². The van der Waals surface area contributed by atoms with Gasteiger partial charge in [-0.15, -0.1) is 0 Å². The Kier molecular flexibility index (Phi) is 7.69. The summed E-state index contributed by atoms with van der Waals surface area (Å²) in [5.41, 5.74) is 8.15.